The first-order valence-electron chi connectivity index (χ1n) is 12.9. The van der Waals surface area contributed by atoms with E-state index in [2.05, 4.69) is 49.6 Å². The van der Waals surface area contributed by atoms with E-state index in [-0.39, 0.29) is 5.41 Å². The summed E-state index contributed by atoms with van der Waals surface area (Å²) in [6.07, 6.45) is 1.78. The summed E-state index contributed by atoms with van der Waals surface area (Å²) in [7, 11) is -1.98. The molecule has 2 heterocycles. The summed E-state index contributed by atoms with van der Waals surface area (Å²) in [5.74, 6) is -1.11. The Kier molecular flexibility index (Phi) is 6.88. The van der Waals surface area contributed by atoms with Crippen LogP contribution in [0.15, 0.2) is 78.9 Å². The highest BCUT2D eigenvalue weighted by atomic mass is 28.3. The van der Waals surface area contributed by atoms with Gasteiger partial charge in [0.15, 0.2) is 0 Å². The fourth-order valence-corrected chi connectivity index (χ4v) is 7.91. The van der Waals surface area contributed by atoms with Crippen molar-refractivity contribution in [1.29, 1.82) is 0 Å². The van der Waals surface area contributed by atoms with Gasteiger partial charge in [-0.1, -0.05) is 93.6 Å². The van der Waals surface area contributed by atoms with E-state index in [4.69, 9.17) is 10.2 Å². The number of benzene rings is 3. The van der Waals surface area contributed by atoms with Crippen LogP contribution in [0.5, 0.6) is 0 Å². The van der Waals surface area contributed by atoms with Crippen LogP contribution in [0.1, 0.15) is 48.8 Å². The number of hydrogen-bond donors (Lipinski definition) is 1. The summed E-state index contributed by atoms with van der Waals surface area (Å²) < 4.78 is 8.94. The van der Waals surface area contributed by atoms with Crippen LogP contribution in [0, 0.1) is 11.3 Å². The summed E-state index contributed by atoms with van der Waals surface area (Å²) in [6.45, 7) is 7.88. The first-order chi connectivity index (χ1) is 17.8. The molecule has 0 aliphatic carbocycles. The number of aromatic nitrogens is 1. The Morgan fingerprint density at radius 1 is 0.946 bits per heavy atom. The number of nitrogens with two attached hydrogens (primary N) is 1. The molecule has 37 heavy (non-hydrogen) atoms. The van der Waals surface area contributed by atoms with Crippen molar-refractivity contribution >= 4 is 42.0 Å². The molecule has 0 bridgehead atoms. The number of rotatable bonds is 7. The minimum atomic E-state index is -1.98. The molecule has 1 unspecified atom stereocenters. The van der Waals surface area contributed by atoms with Crippen LogP contribution >= 0.6 is 0 Å². The van der Waals surface area contributed by atoms with E-state index < -0.39 is 20.7 Å². The van der Waals surface area contributed by atoms with Crippen molar-refractivity contribution in [2.75, 3.05) is 0 Å². The Morgan fingerprint density at radius 3 is 2.14 bits per heavy atom. The maximum Gasteiger partial charge on any atom is 0.289 e. The molecule has 190 valence electrons. The summed E-state index contributed by atoms with van der Waals surface area (Å²) in [6, 6.07) is 26.7. The molecule has 1 aliphatic heterocycles. The highest BCUT2D eigenvalue weighted by Crippen LogP contribution is 2.40. The van der Waals surface area contributed by atoms with Gasteiger partial charge in [-0.05, 0) is 46.2 Å². The van der Waals surface area contributed by atoms with Crippen molar-refractivity contribution in [2.45, 2.75) is 46.8 Å². The van der Waals surface area contributed by atoms with Gasteiger partial charge < -0.3 is 14.7 Å². The number of Topliss-reactive ketones (excluding diaryl/α,β-unsaturated/α-hetero) is 1. The standard InChI is InChI=1S/C31H34N2O3Si/c1-31(2,3)22-17-18-33-25-16-10-11-21(27(25)28(26(33)19-22)29(34)30(32)35)20-36-37(23-12-6-4-7-13-23)24-14-8-5-9-15-24/h4-16,22,37H,17-20H2,1-3H3,(H2,32,35). The van der Waals surface area contributed by atoms with Gasteiger partial charge >= 0.3 is 0 Å². The van der Waals surface area contributed by atoms with Crippen LogP contribution in [-0.4, -0.2) is 25.3 Å². The van der Waals surface area contributed by atoms with Crippen LogP contribution < -0.4 is 16.1 Å². The van der Waals surface area contributed by atoms with Crippen molar-refractivity contribution in [1.82, 2.24) is 4.57 Å². The SMILES string of the molecule is CC(C)(C)C1CCn2c(c(C(=O)C(N)=O)c3c(CO[SiH](c4ccccc4)c4ccccc4)cccc32)C1. The Balaban J connectivity index is 1.59. The summed E-state index contributed by atoms with van der Waals surface area (Å²) >= 11 is 0. The second kappa shape index (κ2) is 10.1. The van der Waals surface area contributed by atoms with Gasteiger partial charge in [-0.3, -0.25) is 9.59 Å². The Bertz CT molecular complexity index is 1400. The van der Waals surface area contributed by atoms with Crippen molar-refractivity contribution < 1.29 is 14.0 Å². The van der Waals surface area contributed by atoms with E-state index in [0.717, 1.165) is 41.5 Å². The molecule has 0 radical (unpaired) electrons. The molecule has 2 N–H and O–H groups in total. The Labute approximate surface area is 220 Å². The van der Waals surface area contributed by atoms with Crippen molar-refractivity contribution in [2.24, 2.45) is 17.1 Å². The zero-order valence-corrected chi connectivity index (χ0v) is 22.9. The number of primary amides is 1. The third kappa shape index (κ3) is 4.91. The minimum Gasteiger partial charge on any atom is -0.407 e. The highest BCUT2D eigenvalue weighted by molar-refractivity contribution is 6.80. The maximum absolute atomic E-state index is 13.3. The second-order valence-corrected chi connectivity index (χ2v) is 13.5. The molecule has 3 aromatic carbocycles. The molecular weight excluding hydrogens is 476 g/mol. The van der Waals surface area contributed by atoms with Crippen LogP contribution in [0.3, 0.4) is 0 Å². The summed E-state index contributed by atoms with van der Waals surface area (Å²) in [4.78, 5) is 25.5. The van der Waals surface area contributed by atoms with E-state index >= 15 is 0 Å². The molecule has 1 aromatic heterocycles. The molecule has 0 saturated heterocycles. The zero-order chi connectivity index (χ0) is 26.2. The topological polar surface area (TPSA) is 74.3 Å². The molecule has 1 amide bonds. The lowest BCUT2D eigenvalue weighted by Crippen LogP contribution is -2.44. The van der Waals surface area contributed by atoms with E-state index in [1.165, 1.54) is 10.4 Å². The minimum absolute atomic E-state index is 0.102. The van der Waals surface area contributed by atoms with Gasteiger partial charge in [-0.25, -0.2) is 0 Å². The molecule has 0 saturated carbocycles. The lowest BCUT2D eigenvalue weighted by molar-refractivity contribution is -0.114. The lowest BCUT2D eigenvalue weighted by Gasteiger charge is -2.35. The van der Waals surface area contributed by atoms with Gasteiger partial charge in [0.1, 0.15) is 0 Å². The third-order valence-electron chi connectivity index (χ3n) is 7.71. The van der Waals surface area contributed by atoms with E-state index in [9.17, 15) is 9.59 Å². The number of ketones is 1. The van der Waals surface area contributed by atoms with Gasteiger partial charge in [0, 0.05) is 23.1 Å². The first-order valence-corrected chi connectivity index (χ1v) is 14.6. The largest absolute Gasteiger partial charge is 0.407 e. The first kappa shape index (κ1) is 25.2. The van der Waals surface area contributed by atoms with Crippen molar-refractivity contribution in [3.63, 3.8) is 0 Å². The number of fused-ring (bicyclic) bond motifs is 3. The number of nitrogens with zero attached hydrogens (tertiary/aromatic N) is 1. The van der Waals surface area contributed by atoms with Crippen LogP contribution in [0.2, 0.25) is 0 Å². The third-order valence-corrected chi connectivity index (χ3v) is 10.2. The predicted molar refractivity (Wildman–Crippen MR) is 151 cm³/mol. The lowest BCUT2D eigenvalue weighted by atomic mass is 9.74. The van der Waals surface area contributed by atoms with Crippen molar-refractivity contribution in [3.8, 4) is 0 Å². The maximum atomic E-state index is 13.3. The molecule has 4 aromatic rings. The normalized spacial score (nSPS) is 15.6. The number of aryl methyl sites for hydroxylation is 1. The Hall–Kier alpha value is -3.48. The van der Waals surface area contributed by atoms with Crippen molar-refractivity contribution in [3.05, 3.63) is 95.7 Å². The Morgan fingerprint density at radius 2 is 1.57 bits per heavy atom. The fraction of sp³-hybridized carbons (Fsp3) is 0.290. The monoisotopic (exact) mass is 510 g/mol. The molecule has 5 nitrogen and oxygen atoms in total. The smallest absolute Gasteiger partial charge is 0.289 e. The predicted octanol–water partition coefficient (Wildman–Crippen LogP) is 3.97. The van der Waals surface area contributed by atoms with Gasteiger partial charge in [-0.15, -0.1) is 0 Å². The average Bonchev–Trinajstić information content (AvgIpc) is 3.23. The van der Waals surface area contributed by atoms with E-state index in [1.54, 1.807) is 0 Å². The summed E-state index contributed by atoms with van der Waals surface area (Å²) in [5, 5.41) is 3.20. The number of carbonyl (C=O) groups excluding carboxylic acids is 2. The van der Waals surface area contributed by atoms with Crippen LogP contribution in [0.25, 0.3) is 10.9 Å². The fourth-order valence-electron chi connectivity index (χ4n) is 5.65. The molecule has 0 fully saturated rings. The van der Waals surface area contributed by atoms with Gasteiger partial charge in [0.25, 0.3) is 11.7 Å². The average molecular weight is 511 g/mol. The molecule has 1 aliphatic rings. The van der Waals surface area contributed by atoms with Crippen LogP contribution in [-0.2, 0) is 28.8 Å². The van der Waals surface area contributed by atoms with Gasteiger partial charge in [0.2, 0.25) is 9.04 Å². The number of carbonyl (C=O) groups is 2. The molecule has 5 rings (SSSR count). The number of amides is 1. The van der Waals surface area contributed by atoms with Crippen LogP contribution in [0.4, 0.5) is 0 Å². The quantitative estimate of drug-likeness (QED) is 0.232. The van der Waals surface area contributed by atoms with Gasteiger partial charge in [-0.2, -0.15) is 0 Å². The zero-order valence-electron chi connectivity index (χ0n) is 21.7. The van der Waals surface area contributed by atoms with E-state index in [1.807, 2.05) is 54.6 Å². The summed E-state index contributed by atoms with van der Waals surface area (Å²) in [5.41, 5.74) is 8.96. The molecule has 6 heteroatoms. The molecule has 0 spiro atoms. The van der Waals surface area contributed by atoms with E-state index in [0.29, 0.717) is 18.1 Å². The molecular formula is C31H34N2O3Si. The second-order valence-electron chi connectivity index (χ2n) is 11.0. The molecule has 1 atom stereocenters. The highest BCUT2D eigenvalue weighted by Gasteiger charge is 2.35. The number of hydrogen-bond acceptors (Lipinski definition) is 3. The van der Waals surface area contributed by atoms with Gasteiger partial charge in [0.05, 0.1) is 12.2 Å².